The minimum Gasteiger partial charge on any atom is -0.365 e. The third kappa shape index (κ3) is 0.946. The number of ether oxygens (including phenoxy) is 1. The van der Waals surface area contributed by atoms with E-state index in [9.17, 15) is 9.59 Å². The minimum absolute atomic E-state index is 0.109. The molecule has 3 heterocycles. The molecule has 2 bridgehead atoms. The number of rotatable bonds is 2. The molecule has 0 aliphatic carbocycles. The van der Waals surface area contributed by atoms with Crippen LogP contribution in [0.15, 0.2) is 24.8 Å². The Morgan fingerprint density at radius 1 is 1.27 bits per heavy atom. The van der Waals surface area contributed by atoms with Crippen molar-refractivity contribution in [2.45, 2.75) is 12.2 Å². The van der Waals surface area contributed by atoms with Crippen molar-refractivity contribution >= 4 is 11.8 Å². The van der Waals surface area contributed by atoms with E-state index in [4.69, 9.17) is 4.74 Å². The van der Waals surface area contributed by atoms with Crippen LogP contribution in [0.2, 0.25) is 0 Å². The molecule has 0 aromatic heterocycles. The van der Waals surface area contributed by atoms with Crippen LogP contribution in [-0.4, -0.2) is 35.5 Å². The first-order chi connectivity index (χ1) is 7.24. The van der Waals surface area contributed by atoms with Crippen molar-refractivity contribution in [1.82, 2.24) is 4.90 Å². The van der Waals surface area contributed by atoms with Gasteiger partial charge in [0.1, 0.15) is 0 Å². The molecule has 2 fully saturated rings. The summed E-state index contributed by atoms with van der Waals surface area (Å²) in [6.45, 7) is 3.86. The minimum atomic E-state index is -0.285. The molecular formula is C11H11NO3. The molecule has 0 aromatic carbocycles. The third-order valence-electron chi connectivity index (χ3n) is 3.31. The maximum atomic E-state index is 11.9. The van der Waals surface area contributed by atoms with Crippen LogP contribution in [0.5, 0.6) is 0 Å². The average molecular weight is 205 g/mol. The smallest absolute Gasteiger partial charge is 0.236 e. The van der Waals surface area contributed by atoms with E-state index in [1.54, 1.807) is 6.08 Å². The van der Waals surface area contributed by atoms with Crippen LogP contribution in [0.1, 0.15) is 0 Å². The van der Waals surface area contributed by atoms with Crippen molar-refractivity contribution < 1.29 is 14.3 Å². The number of imide groups is 1. The maximum absolute atomic E-state index is 11.9. The van der Waals surface area contributed by atoms with Gasteiger partial charge in [-0.15, -0.1) is 6.58 Å². The van der Waals surface area contributed by atoms with Crippen LogP contribution >= 0.6 is 0 Å². The summed E-state index contributed by atoms with van der Waals surface area (Å²) in [7, 11) is 0. The lowest BCUT2D eigenvalue weighted by atomic mass is 9.85. The summed E-state index contributed by atoms with van der Waals surface area (Å²) < 4.78 is 5.50. The van der Waals surface area contributed by atoms with Gasteiger partial charge in [0, 0.05) is 6.54 Å². The predicted molar refractivity (Wildman–Crippen MR) is 51.7 cm³/mol. The lowest BCUT2D eigenvalue weighted by molar-refractivity contribution is -0.141. The Morgan fingerprint density at radius 3 is 2.27 bits per heavy atom. The molecule has 78 valence electrons. The molecule has 3 aliphatic heterocycles. The zero-order chi connectivity index (χ0) is 10.6. The summed E-state index contributed by atoms with van der Waals surface area (Å²) in [6.07, 6.45) is 4.97. The van der Waals surface area contributed by atoms with Gasteiger partial charge in [-0.1, -0.05) is 18.2 Å². The first kappa shape index (κ1) is 8.85. The highest BCUT2D eigenvalue weighted by Gasteiger charge is 2.60. The van der Waals surface area contributed by atoms with E-state index in [0.29, 0.717) is 6.54 Å². The van der Waals surface area contributed by atoms with E-state index in [2.05, 4.69) is 6.58 Å². The number of likely N-dealkylation sites (tertiary alicyclic amines) is 1. The zero-order valence-corrected chi connectivity index (χ0v) is 8.13. The summed E-state index contributed by atoms with van der Waals surface area (Å²) in [4.78, 5) is 25.1. The molecule has 3 aliphatic rings. The number of carbonyl (C=O) groups excluding carboxylic acids is 2. The quantitative estimate of drug-likeness (QED) is 0.475. The van der Waals surface area contributed by atoms with Gasteiger partial charge in [-0.25, -0.2) is 0 Å². The molecule has 0 N–H and O–H groups in total. The second-order valence-electron chi connectivity index (χ2n) is 4.08. The largest absolute Gasteiger partial charge is 0.365 e. The number of nitrogens with zero attached hydrogens (tertiary/aromatic N) is 1. The topological polar surface area (TPSA) is 46.6 Å². The van der Waals surface area contributed by atoms with E-state index in [0.717, 1.165) is 0 Å². The Labute approximate surface area is 87.2 Å². The molecule has 0 radical (unpaired) electrons. The zero-order valence-electron chi connectivity index (χ0n) is 8.13. The Morgan fingerprint density at radius 2 is 1.80 bits per heavy atom. The molecule has 4 atom stereocenters. The Bertz CT molecular complexity index is 357. The Hall–Kier alpha value is -1.42. The van der Waals surface area contributed by atoms with Crippen LogP contribution in [0.3, 0.4) is 0 Å². The van der Waals surface area contributed by atoms with Crippen molar-refractivity contribution in [2.24, 2.45) is 11.8 Å². The summed E-state index contributed by atoms with van der Waals surface area (Å²) >= 11 is 0. The van der Waals surface area contributed by atoms with Gasteiger partial charge in [0.15, 0.2) is 0 Å². The van der Waals surface area contributed by atoms with Crippen LogP contribution in [0, 0.1) is 11.8 Å². The molecule has 15 heavy (non-hydrogen) atoms. The van der Waals surface area contributed by atoms with Crippen molar-refractivity contribution in [3.05, 3.63) is 24.8 Å². The first-order valence-electron chi connectivity index (χ1n) is 5.04. The summed E-state index contributed by atoms with van der Waals surface area (Å²) in [5.74, 6) is -0.789. The van der Waals surface area contributed by atoms with E-state index in [1.807, 2.05) is 12.2 Å². The monoisotopic (exact) mass is 205 g/mol. The second-order valence-corrected chi connectivity index (χ2v) is 4.08. The van der Waals surface area contributed by atoms with E-state index >= 15 is 0 Å². The van der Waals surface area contributed by atoms with Crippen LogP contribution in [-0.2, 0) is 14.3 Å². The highest BCUT2D eigenvalue weighted by Crippen LogP contribution is 2.44. The molecule has 0 unspecified atom stereocenters. The lowest BCUT2D eigenvalue weighted by Gasteiger charge is -2.14. The molecule has 0 spiro atoms. The molecule has 2 saturated heterocycles. The Kier molecular flexibility index (Phi) is 1.65. The van der Waals surface area contributed by atoms with Crippen molar-refractivity contribution in [2.75, 3.05) is 6.54 Å². The number of carbonyl (C=O) groups is 2. The fourth-order valence-electron chi connectivity index (χ4n) is 2.67. The van der Waals surface area contributed by atoms with Gasteiger partial charge in [0.05, 0.1) is 24.0 Å². The average Bonchev–Trinajstić information content (AvgIpc) is 2.87. The molecule has 4 heteroatoms. The van der Waals surface area contributed by atoms with Gasteiger partial charge in [-0.3, -0.25) is 14.5 Å². The summed E-state index contributed by atoms with van der Waals surface area (Å²) in [6, 6.07) is 0. The fourth-order valence-corrected chi connectivity index (χ4v) is 2.67. The lowest BCUT2D eigenvalue weighted by Crippen LogP contribution is -2.34. The van der Waals surface area contributed by atoms with E-state index < -0.39 is 0 Å². The van der Waals surface area contributed by atoms with Crippen LogP contribution < -0.4 is 0 Å². The fraction of sp³-hybridized carbons (Fsp3) is 0.455. The van der Waals surface area contributed by atoms with Gasteiger partial charge in [-0.2, -0.15) is 0 Å². The van der Waals surface area contributed by atoms with Crippen molar-refractivity contribution in [3.8, 4) is 0 Å². The molecule has 0 saturated carbocycles. The highest BCUT2D eigenvalue weighted by molar-refractivity contribution is 6.06. The molecule has 3 rings (SSSR count). The SMILES string of the molecule is C=CCN1C(=O)[C@@H]2[C@@H](C1=O)[C@H]1C=C[C@@H]2O1. The summed E-state index contributed by atoms with van der Waals surface area (Å²) in [5, 5.41) is 0. The number of amides is 2. The van der Waals surface area contributed by atoms with Crippen LogP contribution in [0.4, 0.5) is 0 Å². The molecule has 2 amide bonds. The molecule has 0 aromatic rings. The normalized spacial score (nSPS) is 41.5. The van der Waals surface area contributed by atoms with Crippen molar-refractivity contribution in [1.29, 1.82) is 0 Å². The third-order valence-corrected chi connectivity index (χ3v) is 3.31. The van der Waals surface area contributed by atoms with E-state index in [1.165, 1.54) is 4.90 Å². The van der Waals surface area contributed by atoms with Gasteiger partial charge in [-0.05, 0) is 0 Å². The van der Waals surface area contributed by atoms with E-state index in [-0.39, 0.29) is 35.9 Å². The second kappa shape index (κ2) is 2.79. The van der Waals surface area contributed by atoms with Crippen LogP contribution in [0.25, 0.3) is 0 Å². The standard InChI is InChI=1S/C11H11NO3/c1-2-5-12-10(13)8-6-3-4-7(15-6)9(8)11(12)14/h2-4,6-9H,1,5H2/t6-,7+,8-,9-/m0/s1. The van der Waals surface area contributed by atoms with Crippen molar-refractivity contribution in [3.63, 3.8) is 0 Å². The molecular weight excluding hydrogens is 194 g/mol. The summed E-state index contributed by atoms with van der Waals surface area (Å²) in [5.41, 5.74) is 0. The first-order valence-corrected chi connectivity index (χ1v) is 5.04. The van der Waals surface area contributed by atoms with Gasteiger partial charge < -0.3 is 4.74 Å². The number of hydrogen-bond donors (Lipinski definition) is 0. The predicted octanol–water partition coefficient (Wildman–Crippen LogP) is 0.111. The maximum Gasteiger partial charge on any atom is 0.236 e. The molecule has 4 nitrogen and oxygen atoms in total. The number of hydrogen-bond acceptors (Lipinski definition) is 3. The van der Waals surface area contributed by atoms with Gasteiger partial charge >= 0.3 is 0 Å². The van der Waals surface area contributed by atoms with Gasteiger partial charge in [0.2, 0.25) is 11.8 Å². The van der Waals surface area contributed by atoms with Gasteiger partial charge in [0.25, 0.3) is 0 Å². The Balaban J connectivity index is 1.96. The number of fused-ring (bicyclic) bond motifs is 5. The highest BCUT2D eigenvalue weighted by atomic mass is 16.5.